The van der Waals surface area contributed by atoms with E-state index in [1.54, 1.807) is 51.1 Å². The number of benzene rings is 2. The van der Waals surface area contributed by atoms with Crippen LogP contribution in [0.2, 0.25) is 0 Å². The van der Waals surface area contributed by atoms with Crippen LogP contribution in [0, 0.1) is 18.3 Å². The number of aromatic amines is 1. The number of amidine groups is 1. The second-order valence-electron chi connectivity index (χ2n) is 15.5. The van der Waals surface area contributed by atoms with Crippen molar-refractivity contribution in [1.29, 1.82) is 0 Å². The van der Waals surface area contributed by atoms with Gasteiger partial charge in [0, 0.05) is 23.0 Å². The number of esters is 1. The maximum absolute atomic E-state index is 13.9. The molecule has 1 aliphatic heterocycles. The van der Waals surface area contributed by atoms with Crippen LogP contribution >= 0.6 is 11.8 Å². The molecule has 1 aliphatic rings. The minimum atomic E-state index is -1.10. The minimum Gasteiger partial charge on any atom is -0.478 e. The summed E-state index contributed by atoms with van der Waals surface area (Å²) in [5, 5.41) is 20.3. The molecule has 4 amide bonds. The lowest BCUT2D eigenvalue weighted by Crippen LogP contribution is -2.39. The van der Waals surface area contributed by atoms with Crippen molar-refractivity contribution in [2.24, 2.45) is 16.3 Å². The number of ether oxygens (including phenoxy) is 1. The van der Waals surface area contributed by atoms with Gasteiger partial charge in [0.2, 0.25) is 11.8 Å². The number of H-pyrrole nitrogens is 1. The van der Waals surface area contributed by atoms with Crippen LogP contribution in [-0.2, 0) is 23.9 Å². The minimum absolute atomic E-state index is 0.0487. The average Bonchev–Trinajstić information content (AvgIpc) is 3.71. The fourth-order valence-electron chi connectivity index (χ4n) is 6.27. The summed E-state index contributed by atoms with van der Waals surface area (Å²) in [6.07, 6.45) is 5.93. The molecule has 3 aromatic rings. The molecule has 61 heavy (non-hydrogen) atoms. The highest BCUT2D eigenvalue weighted by Gasteiger charge is 2.31. The lowest BCUT2D eigenvalue weighted by atomic mass is 9.91. The van der Waals surface area contributed by atoms with Gasteiger partial charge in [-0.15, -0.1) is 11.8 Å². The molecule has 0 saturated carbocycles. The normalized spacial score (nSPS) is 14.2. The number of carbonyl (C=O) groups excluding carboxylic acids is 5. The van der Waals surface area contributed by atoms with Crippen molar-refractivity contribution in [3.8, 4) is 0 Å². The Labute approximate surface area is 361 Å². The first-order valence-corrected chi connectivity index (χ1v) is 21.7. The highest BCUT2D eigenvalue weighted by molar-refractivity contribution is 8.00. The number of aliphatic imine (C=N–C) groups is 1. The monoisotopic (exact) mass is 854 g/mol. The van der Waals surface area contributed by atoms with Crippen LogP contribution in [0.4, 0.5) is 17.2 Å². The van der Waals surface area contributed by atoms with Gasteiger partial charge >= 0.3 is 11.9 Å². The zero-order valence-corrected chi connectivity index (χ0v) is 37.1. The van der Waals surface area contributed by atoms with Crippen LogP contribution in [0.25, 0.3) is 6.08 Å². The molecule has 0 saturated heterocycles. The molecule has 2 unspecified atom stereocenters. The number of nitrogens with zero attached hydrogens (tertiary/aromatic N) is 1. The van der Waals surface area contributed by atoms with E-state index in [1.807, 2.05) is 33.8 Å². The largest absolute Gasteiger partial charge is 0.478 e. The number of aromatic nitrogens is 1. The quantitative estimate of drug-likeness (QED) is 0.0474. The number of amides is 4. The zero-order chi connectivity index (χ0) is 44.9. The van der Waals surface area contributed by atoms with E-state index in [-0.39, 0.29) is 58.7 Å². The van der Waals surface area contributed by atoms with Gasteiger partial charge in [-0.3, -0.25) is 24.0 Å². The Hall–Kier alpha value is -5.96. The summed E-state index contributed by atoms with van der Waals surface area (Å²) in [5.74, 6) is -2.56. The second-order valence-corrected chi connectivity index (χ2v) is 17.0. The van der Waals surface area contributed by atoms with Gasteiger partial charge in [-0.1, -0.05) is 51.8 Å². The predicted octanol–water partition coefficient (Wildman–Crippen LogP) is 8.74. The van der Waals surface area contributed by atoms with Crippen LogP contribution in [0.5, 0.6) is 0 Å². The lowest BCUT2D eigenvalue weighted by Gasteiger charge is -2.20. The third-order valence-electron chi connectivity index (χ3n) is 10.6. The van der Waals surface area contributed by atoms with Gasteiger partial charge in [-0.05, 0) is 120 Å². The molecule has 0 aliphatic carbocycles. The van der Waals surface area contributed by atoms with Crippen molar-refractivity contribution in [2.45, 2.75) is 99.2 Å². The highest BCUT2D eigenvalue weighted by Crippen LogP contribution is 2.32. The summed E-state index contributed by atoms with van der Waals surface area (Å²) < 4.78 is 5.43. The first-order chi connectivity index (χ1) is 29.0. The number of allylic oxidation sites excluding steroid dienone is 1. The van der Waals surface area contributed by atoms with Gasteiger partial charge in [-0.2, -0.15) is 0 Å². The highest BCUT2D eigenvalue weighted by atomic mass is 32.2. The van der Waals surface area contributed by atoms with Crippen LogP contribution in [0.1, 0.15) is 119 Å². The van der Waals surface area contributed by atoms with E-state index in [1.165, 1.54) is 36.0 Å². The summed E-state index contributed by atoms with van der Waals surface area (Å²) in [6.45, 7) is 15.0. The number of thioether (sulfide) groups is 1. The fourth-order valence-corrected chi connectivity index (χ4v) is 7.11. The van der Waals surface area contributed by atoms with E-state index >= 15 is 0 Å². The van der Waals surface area contributed by atoms with Crippen molar-refractivity contribution in [1.82, 2.24) is 10.3 Å². The molecule has 0 spiro atoms. The Morgan fingerprint density at radius 3 is 2.15 bits per heavy atom. The molecule has 6 N–H and O–H groups in total. The van der Waals surface area contributed by atoms with Crippen molar-refractivity contribution >= 4 is 76.4 Å². The standard InChI is InChI=1S/C46H58N6O8S/c1-9-12-17-30(10-2)41(54)52-39-37(43(56)48-33-22-20-31(21-23-33)44(57)58)28(5)35(50-39)26-34-27(4)36(42(55)47-32-18-14-13-15-19-32)38(49-34)51-40(53)29(6)61-25-16-24-60-45(59)46(7,8)11-3/h13-15,18-23,26,29-30,50H,9-12,16-17,24-25H2,1-8H3,(H,47,55)(H,48,56)(H,52,54)(H,57,58)(H,49,51,53). The van der Waals surface area contributed by atoms with Crippen molar-refractivity contribution in [2.75, 3.05) is 28.3 Å². The third kappa shape index (κ3) is 12.8. The summed E-state index contributed by atoms with van der Waals surface area (Å²) in [5.41, 5.74) is 2.36. The summed E-state index contributed by atoms with van der Waals surface area (Å²) in [6, 6.07) is 14.6. The number of unbranched alkanes of at least 4 members (excludes halogenated alkanes) is 1. The third-order valence-corrected chi connectivity index (χ3v) is 11.9. The number of hydrogen-bond acceptors (Lipinski definition) is 9. The number of nitrogens with one attached hydrogen (secondary N) is 5. The molecule has 14 nitrogen and oxygen atoms in total. The Balaban J connectivity index is 1.67. The van der Waals surface area contributed by atoms with Crippen molar-refractivity contribution in [3.63, 3.8) is 0 Å². The van der Waals surface area contributed by atoms with Crippen LogP contribution in [0.15, 0.2) is 76.4 Å². The molecule has 1 aromatic heterocycles. The van der Waals surface area contributed by atoms with Gasteiger partial charge in [0.15, 0.2) is 0 Å². The van der Waals surface area contributed by atoms with Gasteiger partial charge in [0.1, 0.15) is 11.7 Å². The average molecular weight is 855 g/mol. The summed E-state index contributed by atoms with van der Waals surface area (Å²) >= 11 is 1.38. The molecule has 2 heterocycles. The summed E-state index contributed by atoms with van der Waals surface area (Å²) in [7, 11) is 0. The van der Waals surface area contributed by atoms with Gasteiger partial charge in [0.25, 0.3) is 11.8 Å². The molecule has 326 valence electrons. The van der Waals surface area contributed by atoms with E-state index in [2.05, 4.69) is 33.2 Å². The Bertz CT molecular complexity index is 2190. The smallest absolute Gasteiger partial charge is 0.335 e. The van der Waals surface area contributed by atoms with Crippen LogP contribution in [0.3, 0.4) is 0 Å². The fraction of sp³-hybridized carbons (Fsp3) is 0.413. The molecule has 0 radical (unpaired) electrons. The first kappa shape index (κ1) is 47.7. The van der Waals surface area contributed by atoms with Crippen molar-refractivity contribution in [3.05, 3.63) is 93.8 Å². The molecule has 2 aromatic carbocycles. The van der Waals surface area contributed by atoms with Crippen LogP contribution < -0.4 is 21.3 Å². The van der Waals surface area contributed by atoms with Gasteiger partial charge in [-0.25, -0.2) is 9.79 Å². The number of anilines is 3. The van der Waals surface area contributed by atoms with Crippen molar-refractivity contribution < 1.29 is 38.6 Å². The molecule has 4 rings (SSSR count). The molecule has 15 heteroatoms. The summed E-state index contributed by atoms with van der Waals surface area (Å²) in [4.78, 5) is 86.7. The number of aromatic carboxylic acids is 1. The second kappa shape index (κ2) is 22.0. The Morgan fingerprint density at radius 2 is 1.52 bits per heavy atom. The van der Waals surface area contributed by atoms with E-state index in [0.717, 1.165) is 12.8 Å². The number of hydrogen-bond donors (Lipinski definition) is 6. The van der Waals surface area contributed by atoms with E-state index in [9.17, 15) is 33.9 Å². The molecule has 0 fully saturated rings. The number of carboxylic acids is 1. The number of rotatable bonds is 20. The number of carbonyl (C=O) groups is 6. The number of para-hydroxylation sites is 1. The predicted molar refractivity (Wildman–Crippen MR) is 242 cm³/mol. The topological polar surface area (TPSA) is 208 Å². The molecule has 2 atom stereocenters. The van der Waals surface area contributed by atoms with E-state index < -0.39 is 28.4 Å². The zero-order valence-electron chi connectivity index (χ0n) is 36.2. The van der Waals surface area contributed by atoms with Gasteiger partial charge in [0.05, 0.1) is 39.7 Å². The van der Waals surface area contributed by atoms with E-state index in [0.29, 0.717) is 65.3 Å². The van der Waals surface area contributed by atoms with Gasteiger partial charge < -0.3 is 36.1 Å². The first-order valence-electron chi connectivity index (χ1n) is 20.7. The number of carboxylic acid groups (broad SMARTS) is 1. The lowest BCUT2D eigenvalue weighted by molar-refractivity contribution is -0.154. The maximum Gasteiger partial charge on any atom is 0.335 e. The van der Waals surface area contributed by atoms with E-state index in [4.69, 9.17) is 9.73 Å². The Kier molecular flexibility index (Phi) is 17.2. The SMILES string of the molecule is CCCCC(CC)C(=O)Nc1[nH]c(C=C2N=C(NC(=O)C(C)SCCCOC(=O)C(C)(C)CC)C(C(=O)Nc3ccccc3)=C2C)c(C)c1C(=O)Nc1ccc(C(=O)O)cc1. The maximum atomic E-state index is 13.9. The molecular formula is C46H58N6O8S. The molecular weight excluding hydrogens is 797 g/mol. The molecule has 0 bridgehead atoms. The van der Waals surface area contributed by atoms with Crippen LogP contribution in [-0.4, -0.2) is 69.1 Å². The Morgan fingerprint density at radius 1 is 0.869 bits per heavy atom.